The number of aliphatic hydroxyl groups excluding tert-OH is 1. The van der Waals surface area contributed by atoms with Crippen LogP contribution in [-0.2, 0) is 13.0 Å². The van der Waals surface area contributed by atoms with Gasteiger partial charge in [-0.3, -0.25) is 0 Å². The number of hydrogen-bond donors (Lipinski definition) is 1. The van der Waals surface area contributed by atoms with Crippen molar-refractivity contribution in [2.45, 2.75) is 26.4 Å². The van der Waals surface area contributed by atoms with Crippen molar-refractivity contribution >= 4 is 11.5 Å². The lowest BCUT2D eigenvalue weighted by molar-refractivity contribution is 0.281. The Morgan fingerprint density at radius 1 is 1.24 bits per heavy atom. The van der Waals surface area contributed by atoms with E-state index in [0.717, 1.165) is 41.4 Å². The van der Waals surface area contributed by atoms with Crippen LogP contribution in [0.2, 0.25) is 0 Å². The topological polar surface area (TPSA) is 45.6 Å². The van der Waals surface area contributed by atoms with Gasteiger partial charge in [-0.25, -0.2) is 4.98 Å². The van der Waals surface area contributed by atoms with E-state index >= 15 is 0 Å². The van der Waals surface area contributed by atoms with Crippen molar-refractivity contribution in [3.8, 4) is 5.75 Å². The van der Waals surface area contributed by atoms with E-state index in [4.69, 9.17) is 4.74 Å². The molecule has 21 heavy (non-hydrogen) atoms. The average Bonchev–Trinajstić information content (AvgIpc) is 2.54. The molecule has 1 heterocycles. The first-order chi connectivity index (χ1) is 10.2. The molecule has 0 saturated carbocycles. The molecule has 4 nitrogen and oxygen atoms in total. The number of methoxy groups -OCH3 is 1. The monoisotopic (exact) mass is 286 g/mol. The van der Waals surface area contributed by atoms with E-state index in [-0.39, 0.29) is 6.61 Å². The summed E-state index contributed by atoms with van der Waals surface area (Å²) >= 11 is 0. The van der Waals surface area contributed by atoms with Gasteiger partial charge in [0.1, 0.15) is 11.6 Å². The second-order valence-corrected chi connectivity index (χ2v) is 4.96. The van der Waals surface area contributed by atoms with Crippen LogP contribution < -0.4 is 9.64 Å². The lowest BCUT2D eigenvalue weighted by Gasteiger charge is -2.22. The number of hydrogen-bond acceptors (Lipinski definition) is 4. The molecule has 0 unspecified atom stereocenters. The maximum Gasteiger partial charge on any atom is 0.142 e. The van der Waals surface area contributed by atoms with Crippen LogP contribution in [0, 0.1) is 0 Å². The maximum atomic E-state index is 9.44. The molecule has 2 rings (SSSR count). The van der Waals surface area contributed by atoms with Crippen molar-refractivity contribution in [2.75, 3.05) is 19.1 Å². The standard InChI is InChI=1S/C17H22N2O2/c1-4-7-14-10-13(12-20)11-17(18-14)19(2)15-8-5-6-9-16(15)21-3/h5-6,8-11,20H,4,7,12H2,1-3H3. The molecule has 0 spiro atoms. The summed E-state index contributed by atoms with van der Waals surface area (Å²) in [5.74, 6) is 1.61. The van der Waals surface area contributed by atoms with Crippen LogP contribution in [0.4, 0.5) is 11.5 Å². The molecule has 4 heteroatoms. The molecular weight excluding hydrogens is 264 g/mol. The molecule has 112 valence electrons. The number of ether oxygens (including phenoxy) is 1. The van der Waals surface area contributed by atoms with Crippen molar-refractivity contribution in [3.63, 3.8) is 0 Å². The van der Waals surface area contributed by atoms with Gasteiger partial charge in [0, 0.05) is 12.7 Å². The van der Waals surface area contributed by atoms with E-state index in [2.05, 4.69) is 11.9 Å². The first-order valence-corrected chi connectivity index (χ1v) is 7.17. The van der Waals surface area contributed by atoms with E-state index in [1.54, 1.807) is 7.11 Å². The van der Waals surface area contributed by atoms with Gasteiger partial charge in [0.2, 0.25) is 0 Å². The number of pyridine rings is 1. The maximum absolute atomic E-state index is 9.44. The molecule has 1 aromatic carbocycles. The van der Waals surface area contributed by atoms with Crippen molar-refractivity contribution in [2.24, 2.45) is 0 Å². The van der Waals surface area contributed by atoms with Crippen LogP contribution >= 0.6 is 0 Å². The van der Waals surface area contributed by atoms with Crippen LogP contribution in [0.3, 0.4) is 0 Å². The SMILES string of the molecule is CCCc1cc(CO)cc(N(C)c2ccccc2OC)n1. The molecule has 0 radical (unpaired) electrons. The van der Waals surface area contributed by atoms with Crippen LogP contribution in [0.5, 0.6) is 5.75 Å². The van der Waals surface area contributed by atoms with Gasteiger partial charge in [0.05, 0.1) is 19.4 Å². The number of nitrogens with zero attached hydrogens (tertiary/aromatic N) is 2. The largest absolute Gasteiger partial charge is 0.495 e. The van der Waals surface area contributed by atoms with E-state index in [1.807, 2.05) is 48.3 Å². The van der Waals surface area contributed by atoms with E-state index in [0.29, 0.717) is 0 Å². The summed E-state index contributed by atoms with van der Waals surface area (Å²) in [4.78, 5) is 6.67. The van der Waals surface area contributed by atoms with Gasteiger partial charge in [-0.2, -0.15) is 0 Å². The minimum Gasteiger partial charge on any atom is -0.495 e. The highest BCUT2D eigenvalue weighted by atomic mass is 16.5. The Morgan fingerprint density at radius 2 is 2.00 bits per heavy atom. The molecule has 1 aromatic heterocycles. The number of rotatable bonds is 6. The summed E-state index contributed by atoms with van der Waals surface area (Å²) in [6.07, 6.45) is 1.93. The first-order valence-electron chi connectivity index (χ1n) is 7.17. The minimum absolute atomic E-state index is 0.0198. The predicted molar refractivity (Wildman–Crippen MR) is 85.2 cm³/mol. The molecular formula is C17H22N2O2. The van der Waals surface area contributed by atoms with Crippen molar-refractivity contribution in [1.82, 2.24) is 4.98 Å². The summed E-state index contributed by atoms with van der Waals surface area (Å²) in [6.45, 7) is 2.14. The Kier molecular flexibility index (Phi) is 5.17. The van der Waals surface area contributed by atoms with E-state index in [9.17, 15) is 5.11 Å². The summed E-state index contributed by atoms with van der Waals surface area (Å²) in [5, 5.41) is 9.44. The average molecular weight is 286 g/mol. The zero-order valence-corrected chi connectivity index (χ0v) is 12.8. The Morgan fingerprint density at radius 3 is 2.67 bits per heavy atom. The third kappa shape index (κ3) is 3.52. The number of aromatic nitrogens is 1. The molecule has 0 aliphatic heterocycles. The highest BCUT2D eigenvalue weighted by Crippen LogP contribution is 2.31. The van der Waals surface area contributed by atoms with Gasteiger partial charge in [-0.15, -0.1) is 0 Å². The highest BCUT2D eigenvalue weighted by Gasteiger charge is 2.12. The Balaban J connectivity index is 2.42. The predicted octanol–water partition coefficient (Wildman–Crippen LogP) is 3.30. The molecule has 0 aliphatic rings. The number of anilines is 2. The molecule has 0 saturated heterocycles. The van der Waals surface area contributed by atoms with Crippen LogP contribution in [0.1, 0.15) is 24.6 Å². The zero-order valence-electron chi connectivity index (χ0n) is 12.8. The first kappa shape index (κ1) is 15.3. The number of benzene rings is 1. The zero-order chi connectivity index (χ0) is 15.2. The molecule has 0 aliphatic carbocycles. The Labute approximate surface area is 126 Å². The fourth-order valence-electron chi connectivity index (χ4n) is 2.31. The quantitative estimate of drug-likeness (QED) is 0.885. The fraction of sp³-hybridized carbons (Fsp3) is 0.353. The summed E-state index contributed by atoms with van der Waals surface area (Å²) < 4.78 is 5.40. The minimum atomic E-state index is 0.0198. The van der Waals surface area contributed by atoms with Crippen LogP contribution in [-0.4, -0.2) is 24.2 Å². The van der Waals surface area contributed by atoms with Gasteiger partial charge in [-0.05, 0) is 36.2 Å². The number of para-hydroxylation sites is 2. The Hall–Kier alpha value is -2.07. The summed E-state index contributed by atoms with van der Waals surface area (Å²) in [7, 11) is 3.61. The molecule has 2 aromatic rings. The smallest absolute Gasteiger partial charge is 0.142 e. The van der Waals surface area contributed by atoms with E-state index in [1.165, 1.54) is 0 Å². The second kappa shape index (κ2) is 7.09. The van der Waals surface area contributed by atoms with Crippen LogP contribution in [0.25, 0.3) is 0 Å². The second-order valence-electron chi connectivity index (χ2n) is 4.96. The van der Waals surface area contributed by atoms with Gasteiger partial charge in [0.25, 0.3) is 0 Å². The normalized spacial score (nSPS) is 10.5. The number of aryl methyl sites for hydroxylation is 1. The van der Waals surface area contributed by atoms with E-state index < -0.39 is 0 Å². The van der Waals surface area contributed by atoms with Gasteiger partial charge in [0.15, 0.2) is 0 Å². The van der Waals surface area contributed by atoms with Gasteiger partial charge >= 0.3 is 0 Å². The van der Waals surface area contributed by atoms with Gasteiger partial charge < -0.3 is 14.7 Å². The fourth-order valence-corrected chi connectivity index (χ4v) is 2.31. The molecule has 0 bridgehead atoms. The van der Waals surface area contributed by atoms with Crippen molar-refractivity contribution in [3.05, 3.63) is 47.7 Å². The summed E-state index contributed by atoms with van der Waals surface area (Å²) in [5.41, 5.74) is 2.83. The van der Waals surface area contributed by atoms with Crippen molar-refractivity contribution < 1.29 is 9.84 Å². The molecule has 0 amide bonds. The highest BCUT2D eigenvalue weighted by molar-refractivity contribution is 5.66. The molecule has 0 atom stereocenters. The van der Waals surface area contributed by atoms with Gasteiger partial charge in [-0.1, -0.05) is 25.5 Å². The third-order valence-corrected chi connectivity index (χ3v) is 3.40. The van der Waals surface area contributed by atoms with Crippen molar-refractivity contribution in [1.29, 1.82) is 0 Å². The molecule has 0 fully saturated rings. The lowest BCUT2D eigenvalue weighted by Crippen LogP contribution is -2.13. The lowest BCUT2D eigenvalue weighted by atomic mass is 10.1. The third-order valence-electron chi connectivity index (χ3n) is 3.40. The molecule has 1 N–H and O–H groups in total. The van der Waals surface area contributed by atoms with Crippen LogP contribution in [0.15, 0.2) is 36.4 Å². The Bertz CT molecular complexity index is 599. The summed E-state index contributed by atoms with van der Waals surface area (Å²) in [6, 6.07) is 11.7. The number of aliphatic hydroxyl groups is 1.